The summed E-state index contributed by atoms with van der Waals surface area (Å²) in [6.07, 6.45) is 8.47. The number of carboxylic acid groups (broad SMARTS) is 1. The van der Waals surface area contributed by atoms with Crippen LogP contribution in [0.2, 0.25) is 0 Å². The van der Waals surface area contributed by atoms with Crippen molar-refractivity contribution >= 4 is 47.6 Å². The average Bonchev–Trinajstić information content (AvgIpc) is 3.10. The molecule has 0 heterocycles. The van der Waals surface area contributed by atoms with Crippen molar-refractivity contribution < 1.29 is 42.9 Å². The molecule has 0 aliphatic rings. The van der Waals surface area contributed by atoms with E-state index in [1.54, 1.807) is 72.8 Å². The smallest absolute Gasteiger partial charge is 0.407 e. The fourth-order valence-electron chi connectivity index (χ4n) is 3.38. The zero-order valence-electron chi connectivity index (χ0n) is 27.6. The highest BCUT2D eigenvalue weighted by Crippen LogP contribution is 2.44. The van der Waals surface area contributed by atoms with Crippen LogP contribution in [0, 0.1) is 12.8 Å². The molecule has 0 aromatic heterocycles. The fourth-order valence-corrected chi connectivity index (χ4v) is 5.44. The fraction of sp³-hybridized carbons (Fsp3) is 0.286. The number of hydrogen-bond donors (Lipinski definition) is 4. The summed E-state index contributed by atoms with van der Waals surface area (Å²) in [6.45, 7) is 5.55. The third kappa shape index (κ3) is 18.0. The van der Waals surface area contributed by atoms with Crippen LogP contribution >= 0.6 is 7.37 Å². The minimum absolute atomic E-state index is 0.0526. The number of carboxylic acids is 1. The van der Waals surface area contributed by atoms with Crippen LogP contribution in [0.15, 0.2) is 91.0 Å². The molecule has 12 nitrogen and oxygen atoms in total. The lowest BCUT2D eigenvalue weighted by atomic mass is 10.2. The molecule has 0 aliphatic carbocycles. The van der Waals surface area contributed by atoms with Crippen molar-refractivity contribution in [1.82, 2.24) is 16.0 Å². The first-order chi connectivity index (χ1) is 22.9. The molecule has 0 radical (unpaired) electrons. The molecule has 0 saturated heterocycles. The molecule has 4 N–H and O–H groups in total. The van der Waals surface area contributed by atoms with Gasteiger partial charge in [0.15, 0.2) is 5.78 Å². The Bertz CT molecular complexity index is 1420. The van der Waals surface area contributed by atoms with E-state index in [9.17, 15) is 23.7 Å². The second-order valence-corrected chi connectivity index (χ2v) is 12.1. The summed E-state index contributed by atoms with van der Waals surface area (Å²) in [5.74, 6) is -2.56. The number of carbonyl (C=O) groups is 5. The molecule has 48 heavy (non-hydrogen) atoms. The lowest BCUT2D eigenvalue weighted by molar-refractivity contribution is -0.134. The molecule has 0 aliphatic heterocycles. The van der Waals surface area contributed by atoms with Crippen LogP contribution in [-0.4, -0.2) is 60.5 Å². The van der Waals surface area contributed by atoms with Gasteiger partial charge in [0.05, 0.1) is 6.54 Å². The summed E-state index contributed by atoms with van der Waals surface area (Å²) in [4.78, 5) is 57.6. The molecule has 0 bridgehead atoms. The highest BCUT2D eigenvalue weighted by Gasteiger charge is 2.29. The Hall–Kier alpha value is -5.24. The summed E-state index contributed by atoms with van der Waals surface area (Å²) < 4.78 is 24.4. The number of Topliss-reactive ketones (excluding diaryl/α,β-unsaturated/α-hetero) is 1. The van der Waals surface area contributed by atoms with Gasteiger partial charge in [-0.05, 0) is 36.8 Å². The molecule has 3 aromatic rings. The van der Waals surface area contributed by atoms with E-state index >= 15 is 0 Å². The van der Waals surface area contributed by atoms with Gasteiger partial charge in [-0.25, -0.2) is 4.79 Å². The normalized spacial score (nSPS) is 10.4. The van der Waals surface area contributed by atoms with Gasteiger partial charge in [0.2, 0.25) is 11.8 Å². The highest BCUT2D eigenvalue weighted by atomic mass is 31.2. The third-order valence-corrected chi connectivity index (χ3v) is 7.88. The van der Waals surface area contributed by atoms with Crippen molar-refractivity contribution in [3.63, 3.8) is 0 Å². The molecule has 13 heteroatoms. The molecule has 0 saturated carbocycles. The van der Waals surface area contributed by atoms with Gasteiger partial charge in [-0.2, -0.15) is 0 Å². The molecule has 1 atom stereocenters. The van der Waals surface area contributed by atoms with E-state index in [1.165, 1.54) is 13.3 Å². The quantitative estimate of drug-likeness (QED) is 0.154. The van der Waals surface area contributed by atoms with Crippen LogP contribution in [0.4, 0.5) is 4.79 Å². The highest BCUT2D eigenvalue weighted by molar-refractivity contribution is 7.74. The molecule has 3 aromatic carbocycles. The van der Waals surface area contributed by atoms with Gasteiger partial charge in [0.25, 0.3) is 13.3 Å². The summed E-state index contributed by atoms with van der Waals surface area (Å²) in [6, 6.07) is 25.2. The summed E-state index contributed by atoms with van der Waals surface area (Å²) in [5.41, 5.74) is 0.797. The molecule has 3 rings (SSSR count). The van der Waals surface area contributed by atoms with Crippen LogP contribution in [0.1, 0.15) is 39.7 Å². The molecule has 3 amide bonds. The molecule has 0 spiro atoms. The first-order valence-corrected chi connectivity index (χ1v) is 16.5. The lowest BCUT2D eigenvalue weighted by Crippen LogP contribution is -2.49. The Morgan fingerprint density at radius 3 is 1.69 bits per heavy atom. The van der Waals surface area contributed by atoms with E-state index in [0.717, 1.165) is 12.5 Å². The zero-order chi connectivity index (χ0) is 36.4. The maximum atomic E-state index is 13.8. The van der Waals surface area contributed by atoms with Crippen LogP contribution in [0.25, 0.3) is 0 Å². The van der Waals surface area contributed by atoms with E-state index in [-0.39, 0.29) is 13.2 Å². The number of aliphatic carboxylic acids is 1. The summed E-state index contributed by atoms with van der Waals surface area (Å²) in [7, 11) is -3.54. The standard InChI is InChI=1S/C28H30N3O7P.C3H8.C2H4O2.C2H2/c1-21(31-26(33)18-30-28(35)37-19-22-11-5-2-6-12-22)27(34)29-17-23(32)20-38-39(36,24-13-7-3-8-14-24)25-15-9-4-10-16-25;1-3-2;1-2(3)4;1-2/h2-16,21H,17-20H2,1H3,(H,29,34)(H,30,35)(H,31,33);3H2,1-2H3;1H3,(H,3,4);1-2H/t21-;;;/m0.../s1. The number of alkyl carbamates (subject to hydrolysis) is 1. The first-order valence-electron chi connectivity index (χ1n) is 14.8. The van der Waals surface area contributed by atoms with E-state index in [0.29, 0.717) is 10.6 Å². The van der Waals surface area contributed by atoms with Crippen molar-refractivity contribution in [2.45, 2.75) is 46.8 Å². The average molecular weight is 682 g/mol. The molecule has 258 valence electrons. The zero-order valence-corrected chi connectivity index (χ0v) is 28.5. The van der Waals surface area contributed by atoms with Crippen molar-refractivity contribution in [3.8, 4) is 12.8 Å². The van der Waals surface area contributed by atoms with Crippen molar-refractivity contribution in [2.24, 2.45) is 0 Å². The van der Waals surface area contributed by atoms with E-state index in [4.69, 9.17) is 19.2 Å². The van der Waals surface area contributed by atoms with Crippen molar-refractivity contribution in [2.75, 3.05) is 19.7 Å². The van der Waals surface area contributed by atoms with Gasteiger partial charge in [-0.3, -0.25) is 23.7 Å². The molecule has 0 unspecified atom stereocenters. The number of amides is 3. The van der Waals surface area contributed by atoms with Gasteiger partial charge in [-0.1, -0.05) is 87.0 Å². The Morgan fingerprint density at radius 2 is 1.23 bits per heavy atom. The number of ether oxygens (including phenoxy) is 1. The van der Waals surface area contributed by atoms with Crippen LogP contribution in [-0.2, 0) is 39.6 Å². The van der Waals surface area contributed by atoms with Crippen LogP contribution in [0.5, 0.6) is 0 Å². The SMILES string of the molecule is C#C.CC(=O)O.CCC.C[C@H](NC(=O)CNC(=O)OCc1ccccc1)C(=O)NCC(=O)COP(=O)(c1ccccc1)c1ccccc1. The number of nitrogens with one attached hydrogen (secondary N) is 3. The van der Waals surface area contributed by atoms with E-state index < -0.39 is 56.2 Å². The minimum atomic E-state index is -3.54. The van der Waals surface area contributed by atoms with Gasteiger partial charge in [0.1, 0.15) is 25.8 Å². The Kier molecular flexibility index (Phi) is 22.2. The first kappa shape index (κ1) is 42.8. The molecular formula is C35H44N3O9P. The minimum Gasteiger partial charge on any atom is -0.481 e. The Morgan fingerprint density at radius 1 is 0.792 bits per heavy atom. The van der Waals surface area contributed by atoms with Crippen molar-refractivity contribution in [1.29, 1.82) is 0 Å². The number of carbonyl (C=O) groups excluding carboxylic acids is 4. The molecule has 0 fully saturated rings. The lowest BCUT2D eigenvalue weighted by Gasteiger charge is -2.19. The van der Waals surface area contributed by atoms with Crippen LogP contribution < -0.4 is 26.6 Å². The van der Waals surface area contributed by atoms with Crippen molar-refractivity contribution in [3.05, 3.63) is 96.6 Å². The summed E-state index contributed by atoms with van der Waals surface area (Å²) >= 11 is 0. The van der Waals surface area contributed by atoms with Gasteiger partial charge < -0.3 is 30.3 Å². The maximum absolute atomic E-state index is 13.8. The topological polar surface area (TPSA) is 177 Å². The Labute approximate surface area is 282 Å². The van der Waals surface area contributed by atoms with Crippen LogP contribution in [0.3, 0.4) is 0 Å². The maximum Gasteiger partial charge on any atom is 0.407 e. The Balaban J connectivity index is 0.00000220. The van der Waals surface area contributed by atoms with E-state index in [2.05, 4.69) is 42.6 Å². The predicted molar refractivity (Wildman–Crippen MR) is 185 cm³/mol. The van der Waals surface area contributed by atoms with Gasteiger partial charge >= 0.3 is 6.09 Å². The summed E-state index contributed by atoms with van der Waals surface area (Å²) in [5, 5.41) is 15.5. The van der Waals surface area contributed by atoms with Gasteiger partial charge in [-0.15, -0.1) is 12.8 Å². The third-order valence-electron chi connectivity index (χ3n) is 5.44. The number of rotatable bonds is 13. The predicted octanol–water partition coefficient (Wildman–Crippen LogP) is 3.81. The van der Waals surface area contributed by atoms with E-state index in [1.807, 2.05) is 18.2 Å². The largest absolute Gasteiger partial charge is 0.481 e. The number of benzene rings is 3. The number of ketones is 1. The number of hydrogen-bond acceptors (Lipinski definition) is 8. The second-order valence-electron chi connectivity index (χ2n) is 9.68. The second kappa shape index (κ2) is 24.9. The van der Waals surface area contributed by atoms with Gasteiger partial charge in [0, 0.05) is 17.5 Å². The number of terminal acetylenes is 1. The monoisotopic (exact) mass is 681 g/mol. The molecular weight excluding hydrogens is 637 g/mol.